The second kappa shape index (κ2) is 5.05. The van der Waals surface area contributed by atoms with Crippen molar-refractivity contribution in [1.82, 2.24) is 0 Å². The van der Waals surface area contributed by atoms with Crippen LogP contribution in [0.3, 0.4) is 0 Å². The first-order valence-corrected chi connectivity index (χ1v) is 5.11. The predicted molar refractivity (Wildman–Crippen MR) is 64.0 cm³/mol. The van der Waals surface area contributed by atoms with Crippen LogP contribution in [0, 0.1) is 0 Å². The molecule has 1 aromatic carbocycles. The molecule has 0 radical (unpaired) electrons. The zero-order valence-corrected chi connectivity index (χ0v) is 10.4. The summed E-state index contributed by atoms with van der Waals surface area (Å²) in [7, 11) is 2.86. The maximum absolute atomic E-state index is 11.3. The number of methoxy groups -OCH3 is 1. The van der Waals surface area contributed by atoms with Crippen LogP contribution in [0.15, 0.2) is 12.1 Å². The van der Waals surface area contributed by atoms with Crippen LogP contribution >= 0.6 is 11.6 Å². The van der Waals surface area contributed by atoms with E-state index in [4.69, 9.17) is 21.4 Å². The first-order valence-electron chi connectivity index (χ1n) is 4.73. The van der Waals surface area contributed by atoms with Gasteiger partial charge in [-0.15, -0.1) is 0 Å². The van der Waals surface area contributed by atoms with Crippen LogP contribution < -0.4 is 9.64 Å². The number of anilines is 1. The van der Waals surface area contributed by atoms with E-state index in [1.807, 2.05) is 0 Å². The number of rotatable bonds is 3. The Labute approximate surface area is 104 Å². The Kier molecular flexibility index (Phi) is 3.96. The molecule has 0 fully saturated rings. The summed E-state index contributed by atoms with van der Waals surface area (Å²) in [5.74, 6) is -1.30. The van der Waals surface area contributed by atoms with Gasteiger partial charge in [0.05, 0.1) is 12.8 Å². The number of nitrogens with zero attached hydrogens (tertiary/aromatic N) is 1. The van der Waals surface area contributed by atoms with Crippen molar-refractivity contribution in [2.45, 2.75) is 6.92 Å². The summed E-state index contributed by atoms with van der Waals surface area (Å²) in [4.78, 5) is 23.6. The molecule has 0 atom stereocenters. The van der Waals surface area contributed by atoms with Gasteiger partial charge in [0.15, 0.2) is 5.75 Å². The molecule has 0 aliphatic heterocycles. The molecule has 92 valence electrons. The summed E-state index contributed by atoms with van der Waals surface area (Å²) in [6.07, 6.45) is 0. The number of halogens is 1. The van der Waals surface area contributed by atoms with Crippen molar-refractivity contribution in [1.29, 1.82) is 0 Å². The minimum Gasteiger partial charge on any atom is -0.494 e. The molecule has 6 heteroatoms. The number of carbonyl (C=O) groups is 2. The zero-order valence-electron chi connectivity index (χ0n) is 9.65. The van der Waals surface area contributed by atoms with Gasteiger partial charge < -0.3 is 14.7 Å². The van der Waals surface area contributed by atoms with Gasteiger partial charge in [-0.2, -0.15) is 0 Å². The van der Waals surface area contributed by atoms with Gasteiger partial charge in [0.2, 0.25) is 5.91 Å². The minimum atomic E-state index is -1.16. The molecule has 0 saturated carbocycles. The normalized spacial score (nSPS) is 9.88. The number of carboxylic acids is 1. The highest BCUT2D eigenvalue weighted by molar-refractivity contribution is 6.31. The molecule has 17 heavy (non-hydrogen) atoms. The maximum Gasteiger partial charge on any atom is 0.339 e. The summed E-state index contributed by atoms with van der Waals surface area (Å²) in [6.45, 7) is 1.36. The largest absolute Gasteiger partial charge is 0.494 e. The molecule has 0 aliphatic carbocycles. The van der Waals surface area contributed by atoms with Crippen molar-refractivity contribution >= 4 is 29.2 Å². The molecule has 0 unspecified atom stereocenters. The number of amides is 1. The summed E-state index contributed by atoms with van der Waals surface area (Å²) in [6, 6.07) is 2.76. The van der Waals surface area contributed by atoms with Gasteiger partial charge >= 0.3 is 5.97 Å². The van der Waals surface area contributed by atoms with Gasteiger partial charge in [0, 0.05) is 19.0 Å². The van der Waals surface area contributed by atoms with Gasteiger partial charge in [-0.05, 0) is 12.1 Å². The third-order valence-corrected chi connectivity index (χ3v) is 2.52. The summed E-state index contributed by atoms with van der Waals surface area (Å²) in [5, 5.41) is 9.25. The monoisotopic (exact) mass is 257 g/mol. The number of hydrogen-bond acceptors (Lipinski definition) is 3. The summed E-state index contributed by atoms with van der Waals surface area (Å²) in [5.41, 5.74) is 0.244. The van der Waals surface area contributed by atoms with Crippen LogP contribution in [0.5, 0.6) is 5.75 Å². The molecule has 0 heterocycles. The Bertz CT molecular complexity index is 473. The lowest BCUT2D eigenvalue weighted by Gasteiger charge is -2.19. The van der Waals surface area contributed by atoms with Crippen molar-refractivity contribution in [3.8, 4) is 5.75 Å². The van der Waals surface area contributed by atoms with E-state index in [9.17, 15) is 9.59 Å². The van der Waals surface area contributed by atoms with Crippen molar-refractivity contribution in [3.05, 3.63) is 22.7 Å². The van der Waals surface area contributed by atoms with Crippen LogP contribution in [-0.4, -0.2) is 31.1 Å². The van der Waals surface area contributed by atoms with E-state index in [0.29, 0.717) is 5.69 Å². The molecule has 0 spiro atoms. The van der Waals surface area contributed by atoms with E-state index in [1.54, 1.807) is 0 Å². The van der Waals surface area contributed by atoms with E-state index < -0.39 is 5.97 Å². The number of carboxylic acid groups (broad SMARTS) is 1. The fourth-order valence-electron chi connectivity index (χ4n) is 1.37. The first-order chi connectivity index (χ1) is 7.88. The fourth-order valence-corrected chi connectivity index (χ4v) is 1.58. The average molecular weight is 258 g/mol. The van der Waals surface area contributed by atoms with E-state index >= 15 is 0 Å². The maximum atomic E-state index is 11.3. The molecule has 5 nitrogen and oxygen atoms in total. The lowest BCUT2D eigenvalue weighted by molar-refractivity contribution is -0.116. The van der Waals surface area contributed by atoms with Crippen LogP contribution in [0.2, 0.25) is 5.02 Å². The Morgan fingerprint density at radius 1 is 1.41 bits per heavy atom. The van der Waals surface area contributed by atoms with Crippen LogP contribution in [0.1, 0.15) is 17.3 Å². The highest BCUT2D eigenvalue weighted by Gasteiger charge is 2.20. The highest BCUT2D eigenvalue weighted by Crippen LogP contribution is 2.34. The topological polar surface area (TPSA) is 66.8 Å². The molecular formula is C11H12ClNO4. The third-order valence-electron chi connectivity index (χ3n) is 2.30. The predicted octanol–water partition coefficient (Wildman–Crippen LogP) is 2.03. The van der Waals surface area contributed by atoms with E-state index in [0.717, 1.165) is 0 Å². The molecule has 0 saturated heterocycles. The molecule has 0 bridgehead atoms. The molecule has 1 rings (SSSR count). The van der Waals surface area contributed by atoms with Crippen molar-refractivity contribution in [2.75, 3.05) is 19.1 Å². The van der Waals surface area contributed by atoms with Crippen LogP contribution in [0.25, 0.3) is 0 Å². The smallest absolute Gasteiger partial charge is 0.339 e. The van der Waals surface area contributed by atoms with E-state index in [2.05, 4.69) is 0 Å². The van der Waals surface area contributed by atoms with Gasteiger partial charge in [0.25, 0.3) is 0 Å². The lowest BCUT2D eigenvalue weighted by atomic mass is 10.1. The summed E-state index contributed by atoms with van der Waals surface area (Å²) < 4.78 is 5.03. The van der Waals surface area contributed by atoms with Crippen molar-refractivity contribution in [2.24, 2.45) is 0 Å². The molecule has 0 aliphatic rings. The van der Waals surface area contributed by atoms with Crippen LogP contribution in [0.4, 0.5) is 5.69 Å². The number of aromatic carboxylic acids is 1. The van der Waals surface area contributed by atoms with Crippen molar-refractivity contribution in [3.63, 3.8) is 0 Å². The quantitative estimate of drug-likeness (QED) is 0.900. The molecule has 1 amide bonds. The molecule has 1 aromatic rings. The highest BCUT2D eigenvalue weighted by atomic mass is 35.5. The Morgan fingerprint density at radius 2 is 2.00 bits per heavy atom. The minimum absolute atomic E-state index is 0.0805. The van der Waals surface area contributed by atoms with Gasteiger partial charge in [-0.3, -0.25) is 4.79 Å². The second-order valence-electron chi connectivity index (χ2n) is 3.39. The molecular weight excluding hydrogens is 246 g/mol. The van der Waals surface area contributed by atoms with Crippen molar-refractivity contribution < 1.29 is 19.4 Å². The number of ether oxygens (including phenoxy) is 1. The lowest BCUT2D eigenvalue weighted by Crippen LogP contribution is -2.24. The fraction of sp³-hybridized carbons (Fsp3) is 0.273. The molecule has 1 N–H and O–H groups in total. The molecule has 0 aromatic heterocycles. The number of carbonyl (C=O) groups excluding carboxylic acids is 1. The Morgan fingerprint density at radius 3 is 2.41 bits per heavy atom. The Hall–Kier alpha value is -1.75. The summed E-state index contributed by atoms with van der Waals surface area (Å²) >= 11 is 5.81. The first kappa shape index (κ1) is 13.3. The SMILES string of the molecule is COc1c(C(=O)O)cc(Cl)cc1N(C)C(C)=O. The Balaban J connectivity index is 3.48. The number of hydrogen-bond donors (Lipinski definition) is 1. The van der Waals surface area contributed by atoms with Gasteiger partial charge in [-0.25, -0.2) is 4.79 Å². The third kappa shape index (κ3) is 2.68. The van der Waals surface area contributed by atoms with Gasteiger partial charge in [-0.1, -0.05) is 11.6 Å². The standard InChI is InChI=1S/C11H12ClNO4/c1-6(14)13(2)9-5-7(12)4-8(11(15)16)10(9)17-3/h4-5H,1-3H3,(H,15,16). The number of benzene rings is 1. The second-order valence-corrected chi connectivity index (χ2v) is 3.83. The average Bonchev–Trinajstić information content (AvgIpc) is 2.26. The van der Waals surface area contributed by atoms with E-state index in [1.165, 1.54) is 38.1 Å². The zero-order chi connectivity index (χ0) is 13.2. The van der Waals surface area contributed by atoms with Gasteiger partial charge in [0.1, 0.15) is 5.56 Å². The van der Waals surface area contributed by atoms with Crippen LogP contribution in [-0.2, 0) is 4.79 Å². The van der Waals surface area contributed by atoms with E-state index in [-0.39, 0.29) is 22.2 Å².